The van der Waals surface area contributed by atoms with Crippen molar-refractivity contribution in [3.63, 3.8) is 0 Å². The second-order valence-corrected chi connectivity index (χ2v) is 4.37. The fraction of sp³-hybridized carbons (Fsp3) is 0.231. The number of aliphatic hydroxyl groups is 1. The monoisotopic (exact) mass is 259 g/mol. The molecule has 0 aliphatic rings. The lowest BCUT2D eigenvalue weighted by Gasteiger charge is -2.03. The maximum atomic E-state index is 12.2. The van der Waals surface area contributed by atoms with E-state index in [4.69, 9.17) is 9.52 Å². The van der Waals surface area contributed by atoms with E-state index in [9.17, 15) is 4.79 Å². The molecular weight excluding hydrogens is 246 g/mol. The highest BCUT2D eigenvalue weighted by Gasteiger charge is 2.07. The molecule has 0 fully saturated rings. The van der Waals surface area contributed by atoms with Crippen molar-refractivity contribution in [1.82, 2.24) is 14.2 Å². The molecular formula is C13H13N3O3. The molecule has 6 heteroatoms. The van der Waals surface area contributed by atoms with E-state index in [0.717, 1.165) is 5.69 Å². The minimum Gasteiger partial charge on any atom is -0.462 e. The van der Waals surface area contributed by atoms with E-state index in [0.29, 0.717) is 23.6 Å². The van der Waals surface area contributed by atoms with Gasteiger partial charge in [0.15, 0.2) is 0 Å². The van der Waals surface area contributed by atoms with Gasteiger partial charge >= 0.3 is 0 Å². The summed E-state index contributed by atoms with van der Waals surface area (Å²) in [5, 5.41) is 13.1. The fourth-order valence-corrected chi connectivity index (χ4v) is 2.03. The van der Waals surface area contributed by atoms with Crippen molar-refractivity contribution >= 4 is 5.52 Å². The van der Waals surface area contributed by atoms with E-state index in [1.54, 1.807) is 39.7 Å². The van der Waals surface area contributed by atoms with Gasteiger partial charge in [0.05, 0.1) is 12.2 Å². The van der Waals surface area contributed by atoms with E-state index in [-0.39, 0.29) is 12.2 Å². The third-order valence-electron chi connectivity index (χ3n) is 2.93. The molecule has 0 saturated carbocycles. The van der Waals surface area contributed by atoms with Crippen LogP contribution in [-0.2, 0) is 13.2 Å². The second-order valence-electron chi connectivity index (χ2n) is 4.37. The number of hydrogen-bond donors (Lipinski definition) is 1. The Kier molecular flexibility index (Phi) is 2.72. The van der Waals surface area contributed by atoms with Gasteiger partial charge in [0.25, 0.3) is 5.56 Å². The molecule has 0 aliphatic heterocycles. The third-order valence-corrected chi connectivity index (χ3v) is 2.93. The summed E-state index contributed by atoms with van der Waals surface area (Å²) in [6, 6.07) is 5.20. The summed E-state index contributed by atoms with van der Waals surface area (Å²) >= 11 is 0. The van der Waals surface area contributed by atoms with E-state index in [1.165, 1.54) is 0 Å². The van der Waals surface area contributed by atoms with Crippen molar-refractivity contribution in [3.8, 4) is 0 Å². The smallest absolute Gasteiger partial charge is 0.276 e. The number of aryl methyl sites for hydroxylation is 1. The summed E-state index contributed by atoms with van der Waals surface area (Å²) < 4.78 is 8.49. The van der Waals surface area contributed by atoms with Crippen molar-refractivity contribution in [2.45, 2.75) is 20.1 Å². The molecule has 1 N–H and O–H groups in total. The minimum absolute atomic E-state index is 0.120. The normalized spacial score (nSPS) is 11.3. The Morgan fingerprint density at radius 3 is 2.84 bits per heavy atom. The van der Waals surface area contributed by atoms with E-state index < -0.39 is 0 Å². The van der Waals surface area contributed by atoms with Crippen LogP contribution in [0, 0.1) is 6.92 Å². The third kappa shape index (κ3) is 2.06. The highest BCUT2D eigenvalue weighted by atomic mass is 16.4. The minimum atomic E-state index is -0.143. The van der Waals surface area contributed by atoms with Gasteiger partial charge in [-0.15, -0.1) is 0 Å². The van der Waals surface area contributed by atoms with E-state index in [1.807, 2.05) is 6.92 Å². The van der Waals surface area contributed by atoms with Crippen LogP contribution in [0.5, 0.6) is 0 Å². The van der Waals surface area contributed by atoms with Crippen LogP contribution in [0.1, 0.15) is 17.2 Å². The van der Waals surface area contributed by atoms with Gasteiger partial charge < -0.3 is 14.1 Å². The predicted octanol–water partition coefficient (Wildman–Crippen LogP) is 0.938. The average molecular weight is 259 g/mol. The van der Waals surface area contributed by atoms with Gasteiger partial charge in [-0.3, -0.25) is 4.79 Å². The number of aliphatic hydroxyl groups excluding tert-OH is 1. The number of rotatable bonds is 3. The Hall–Kier alpha value is -2.34. The number of nitrogens with zero attached hydrogens (tertiary/aromatic N) is 3. The quantitative estimate of drug-likeness (QED) is 0.759. The van der Waals surface area contributed by atoms with Crippen molar-refractivity contribution in [3.05, 3.63) is 58.2 Å². The first-order chi connectivity index (χ1) is 9.17. The molecule has 3 heterocycles. The van der Waals surface area contributed by atoms with Crippen LogP contribution in [0.15, 0.2) is 39.8 Å². The zero-order valence-corrected chi connectivity index (χ0v) is 10.4. The first kappa shape index (κ1) is 11.7. The molecule has 0 amide bonds. The van der Waals surface area contributed by atoms with Gasteiger partial charge in [0, 0.05) is 12.4 Å². The van der Waals surface area contributed by atoms with Gasteiger partial charge in [0.2, 0.25) is 0 Å². The summed E-state index contributed by atoms with van der Waals surface area (Å²) in [6.07, 6.45) is 3.41. The number of aromatic nitrogens is 3. The number of fused-ring (bicyclic) bond motifs is 1. The lowest BCUT2D eigenvalue weighted by molar-refractivity contribution is 0.243. The van der Waals surface area contributed by atoms with Crippen molar-refractivity contribution in [2.75, 3.05) is 0 Å². The summed E-state index contributed by atoms with van der Waals surface area (Å²) in [5.74, 6) is 1.12. The van der Waals surface area contributed by atoms with Gasteiger partial charge in [0.1, 0.15) is 23.6 Å². The van der Waals surface area contributed by atoms with Crippen LogP contribution >= 0.6 is 0 Å². The predicted molar refractivity (Wildman–Crippen MR) is 67.9 cm³/mol. The molecule has 0 saturated heterocycles. The molecule has 19 heavy (non-hydrogen) atoms. The number of furan rings is 1. The molecule has 0 radical (unpaired) electrons. The fourth-order valence-electron chi connectivity index (χ4n) is 2.03. The lowest BCUT2D eigenvalue weighted by Crippen LogP contribution is -2.21. The van der Waals surface area contributed by atoms with Crippen LogP contribution in [0.3, 0.4) is 0 Å². The van der Waals surface area contributed by atoms with Gasteiger partial charge in [-0.25, -0.2) is 4.52 Å². The molecule has 3 aromatic rings. The SMILES string of the molecule is Cc1cc2c(=O)n(Cc3ccc(CO)o3)ccn2n1. The zero-order valence-electron chi connectivity index (χ0n) is 10.4. The van der Waals surface area contributed by atoms with Crippen LogP contribution in [0.2, 0.25) is 0 Å². The molecule has 0 atom stereocenters. The largest absolute Gasteiger partial charge is 0.462 e. The Labute approximate surface area is 108 Å². The number of hydrogen-bond acceptors (Lipinski definition) is 4. The van der Waals surface area contributed by atoms with Gasteiger partial charge in [-0.2, -0.15) is 5.10 Å². The van der Waals surface area contributed by atoms with E-state index in [2.05, 4.69) is 5.10 Å². The van der Waals surface area contributed by atoms with Crippen LogP contribution in [-0.4, -0.2) is 19.3 Å². The Bertz CT molecular complexity index is 782. The maximum absolute atomic E-state index is 12.2. The molecule has 6 nitrogen and oxygen atoms in total. The molecule has 0 unspecified atom stereocenters. The van der Waals surface area contributed by atoms with Crippen molar-refractivity contribution in [2.24, 2.45) is 0 Å². The average Bonchev–Trinajstić information content (AvgIpc) is 2.99. The van der Waals surface area contributed by atoms with Crippen LogP contribution < -0.4 is 5.56 Å². The summed E-state index contributed by atoms with van der Waals surface area (Å²) in [6.45, 7) is 2.03. The zero-order chi connectivity index (χ0) is 13.4. The lowest BCUT2D eigenvalue weighted by atomic mass is 10.4. The Morgan fingerprint density at radius 2 is 2.11 bits per heavy atom. The van der Waals surface area contributed by atoms with Crippen molar-refractivity contribution in [1.29, 1.82) is 0 Å². The van der Waals surface area contributed by atoms with Gasteiger partial charge in [-0.05, 0) is 25.1 Å². The Balaban J connectivity index is 2.00. The highest BCUT2D eigenvalue weighted by molar-refractivity contribution is 5.44. The van der Waals surface area contributed by atoms with Crippen molar-refractivity contribution < 1.29 is 9.52 Å². The standard InChI is InChI=1S/C13H13N3O3/c1-9-6-12-13(18)15(4-5-16(12)14-9)7-10-2-3-11(8-17)19-10/h2-6,17H,7-8H2,1H3. The van der Waals surface area contributed by atoms with Crippen LogP contribution in [0.25, 0.3) is 5.52 Å². The molecule has 0 bridgehead atoms. The molecule has 0 aliphatic carbocycles. The second kappa shape index (κ2) is 4.40. The van der Waals surface area contributed by atoms with E-state index >= 15 is 0 Å². The Morgan fingerprint density at radius 1 is 1.32 bits per heavy atom. The summed E-state index contributed by atoms with van der Waals surface area (Å²) in [7, 11) is 0. The summed E-state index contributed by atoms with van der Waals surface area (Å²) in [5.41, 5.74) is 1.22. The first-order valence-electron chi connectivity index (χ1n) is 5.91. The molecule has 3 aromatic heterocycles. The molecule has 0 spiro atoms. The first-order valence-corrected chi connectivity index (χ1v) is 5.91. The van der Waals surface area contributed by atoms with Gasteiger partial charge in [-0.1, -0.05) is 0 Å². The summed E-state index contributed by atoms with van der Waals surface area (Å²) in [4.78, 5) is 12.2. The topological polar surface area (TPSA) is 72.7 Å². The molecule has 3 rings (SSSR count). The molecule has 98 valence electrons. The highest BCUT2D eigenvalue weighted by Crippen LogP contribution is 2.09. The maximum Gasteiger partial charge on any atom is 0.276 e. The molecule has 0 aromatic carbocycles. The van der Waals surface area contributed by atoms with Crippen LogP contribution in [0.4, 0.5) is 0 Å².